The quantitative estimate of drug-likeness (QED) is 0.706. The highest BCUT2D eigenvalue weighted by atomic mass is 16.5. The number of methoxy groups -OCH3 is 1. The van der Waals surface area contributed by atoms with Crippen molar-refractivity contribution in [3.63, 3.8) is 0 Å². The second-order valence-electron chi connectivity index (χ2n) is 10.4. The van der Waals surface area contributed by atoms with Crippen molar-refractivity contribution in [2.75, 3.05) is 7.11 Å². The molecule has 0 heterocycles. The molecule has 0 unspecified atom stereocenters. The number of aliphatic hydroxyl groups is 1. The van der Waals surface area contributed by atoms with E-state index in [4.69, 9.17) is 4.74 Å². The summed E-state index contributed by atoms with van der Waals surface area (Å²) in [5, 5.41) is 10.2. The molecule has 0 aromatic carbocycles. The maximum Gasteiger partial charge on any atom is 0.312 e. The number of esters is 1. The van der Waals surface area contributed by atoms with Crippen LogP contribution in [0.25, 0.3) is 0 Å². The lowest BCUT2D eigenvalue weighted by Gasteiger charge is -2.61. The molecule has 0 saturated heterocycles. The highest BCUT2D eigenvalue weighted by Crippen LogP contribution is 2.70. The zero-order chi connectivity index (χ0) is 18.0. The first kappa shape index (κ1) is 17.8. The summed E-state index contributed by atoms with van der Waals surface area (Å²) in [5.41, 5.74) is 0.199. The maximum atomic E-state index is 12.6. The second kappa shape index (κ2) is 5.71. The van der Waals surface area contributed by atoms with Crippen LogP contribution in [0, 0.1) is 39.9 Å². The summed E-state index contributed by atoms with van der Waals surface area (Å²) in [6.07, 6.45) is 10.3. The van der Waals surface area contributed by atoms with E-state index in [0.29, 0.717) is 17.3 Å². The Morgan fingerprint density at radius 2 is 1.68 bits per heavy atom. The summed E-state index contributed by atoms with van der Waals surface area (Å²) in [4.78, 5) is 12.6. The Balaban J connectivity index is 1.63. The van der Waals surface area contributed by atoms with Crippen molar-refractivity contribution in [2.24, 2.45) is 39.9 Å². The second-order valence-corrected chi connectivity index (χ2v) is 10.4. The van der Waals surface area contributed by atoms with Crippen LogP contribution in [0.4, 0.5) is 0 Å². The summed E-state index contributed by atoms with van der Waals surface area (Å²) < 4.78 is 5.24. The Morgan fingerprint density at radius 3 is 2.40 bits per heavy atom. The molecule has 8 atom stereocenters. The zero-order valence-electron chi connectivity index (χ0n) is 16.5. The summed E-state index contributed by atoms with van der Waals surface area (Å²) >= 11 is 0. The van der Waals surface area contributed by atoms with Gasteiger partial charge in [0.1, 0.15) is 0 Å². The molecule has 0 spiro atoms. The molecular weight excluding hydrogens is 312 g/mol. The number of carbonyl (C=O) groups is 1. The highest BCUT2D eigenvalue weighted by Gasteiger charge is 2.65. The standard InChI is InChI=1S/C22H36O3/c1-20-10-7-15(23)13-14(20)5-6-16-17(20)8-11-21(2)18(16)9-12-22(21,3)19(24)25-4/h14-18,23H,5-13H2,1-4H3/t14-,15-,16+,17-,18-,20-,21-,22+/m0/s1. The minimum absolute atomic E-state index is 0.0108. The highest BCUT2D eigenvalue weighted by molar-refractivity contribution is 5.78. The monoisotopic (exact) mass is 348 g/mol. The molecule has 0 aliphatic heterocycles. The van der Waals surface area contributed by atoms with Gasteiger partial charge in [0, 0.05) is 0 Å². The number of hydrogen-bond donors (Lipinski definition) is 1. The van der Waals surface area contributed by atoms with Gasteiger partial charge in [-0.15, -0.1) is 0 Å². The van der Waals surface area contributed by atoms with Gasteiger partial charge >= 0.3 is 5.97 Å². The normalized spacial score (nSPS) is 55.0. The largest absolute Gasteiger partial charge is 0.469 e. The van der Waals surface area contributed by atoms with Gasteiger partial charge in [0.2, 0.25) is 0 Å². The third kappa shape index (κ3) is 2.23. The van der Waals surface area contributed by atoms with Crippen molar-refractivity contribution in [3.05, 3.63) is 0 Å². The fourth-order valence-electron chi connectivity index (χ4n) is 8.06. The van der Waals surface area contributed by atoms with E-state index in [9.17, 15) is 9.90 Å². The van der Waals surface area contributed by atoms with E-state index in [2.05, 4.69) is 20.8 Å². The van der Waals surface area contributed by atoms with Crippen molar-refractivity contribution in [3.8, 4) is 0 Å². The van der Waals surface area contributed by atoms with Gasteiger partial charge in [-0.1, -0.05) is 13.8 Å². The predicted molar refractivity (Wildman–Crippen MR) is 97.9 cm³/mol. The minimum atomic E-state index is -0.308. The van der Waals surface area contributed by atoms with Crippen molar-refractivity contribution in [1.82, 2.24) is 0 Å². The Hall–Kier alpha value is -0.570. The van der Waals surface area contributed by atoms with Gasteiger partial charge in [-0.25, -0.2) is 0 Å². The van der Waals surface area contributed by atoms with Gasteiger partial charge in [-0.3, -0.25) is 4.79 Å². The molecule has 142 valence electrons. The van der Waals surface area contributed by atoms with Gasteiger partial charge in [0.15, 0.2) is 0 Å². The number of carbonyl (C=O) groups excluding carboxylic acids is 1. The smallest absolute Gasteiger partial charge is 0.312 e. The van der Waals surface area contributed by atoms with Crippen LogP contribution in [0.5, 0.6) is 0 Å². The van der Waals surface area contributed by atoms with Crippen LogP contribution < -0.4 is 0 Å². The predicted octanol–water partition coefficient (Wildman–Crippen LogP) is 4.57. The first-order valence-corrected chi connectivity index (χ1v) is 10.5. The van der Waals surface area contributed by atoms with Crippen LogP contribution in [0.2, 0.25) is 0 Å². The third-order valence-corrected chi connectivity index (χ3v) is 9.88. The van der Waals surface area contributed by atoms with Crippen LogP contribution in [0.1, 0.15) is 78.6 Å². The summed E-state index contributed by atoms with van der Waals surface area (Å²) in [5.74, 6) is 2.94. The molecule has 4 aliphatic carbocycles. The lowest BCUT2D eigenvalue weighted by molar-refractivity contribution is -0.170. The molecule has 0 bridgehead atoms. The number of aliphatic hydroxyl groups excluding tert-OH is 1. The van der Waals surface area contributed by atoms with Crippen molar-refractivity contribution in [1.29, 1.82) is 0 Å². The molecule has 0 radical (unpaired) electrons. The molecule has 4 aliphatic rings. The van der Waals surface area contributed by atoms with Crippen LogP contribution in [0.3, 0.4) is 0 Å². The summed E-state index contributed by atoms with van der Waals surface area (Å²) in [7, 11) is 1.55. The fraction of sp³-hybridized carbons (Fsp3) is 0.955. The summed E-state index contributed by atoms with van der Waals surface area (Å²) in [6.45, 7) is 7.08. The van der Waals surface area contributed by atoms with Crippen molar-refractivity contribution < 1.29 is 14.6 Å². The topological polar surface area (TPSA) is 46.5 Å². The Bertz CT molecular complexity index is 559. The first-order chi connectivity index (χ1) is 11.8. The number of ether oxygens (including phenoxy) is 1. The zero-order valence-corrected chi connectivity index (χ0v) is 16.5. The number of fused-ring (bicyclic) bond motifs is 5. The average molecular weight is 349 g/mol. The van der Waals surface area contributed by atoms with E-state index >= 15 is 0 Å². The van der Waals surface area contributed by atoms with Crippen LogP contribution in [-0.2, 0) is 9.53 Å². The Labute approximate surface area is 152 Å². The molecule has 3 heteroatoms. The van der Waals surface area contributed by atoms with E-state index in [0.717, 1.165) is 37.5 Å². The van der Waals surface area contributed by atoms with E-state index in [1.807, 2.05) is 0 Å². The Morgan fingerprint density at radius 1 is 0.960 bits per heavy atom. The Kier molecular flexibility index (Phi) is 4.07. The molecule has 1 N–H and O–H groups in total. The number of hydrogen-bond acceptors (Lipinski definition) is 3. The van der Waals surface area contributed by atoms with E-state index < -0.39 is 0 Å². The van der Waals surface area contributed by atoms with Gasteiger partial charge in [0.25, 0.3) is 0 Å². The molecule has 0 amide bonds. The van der Waals surface area contributed by atoms with E-state index in [1.54, 1.807) is 7.11 Å². The minimum Gasteiger partial charge on any atom is -0.469 e. The van der Waals surface area contributed by atoms with Gasteiger partial charge in [-0.05, 0) is 99.2 Å². The maximum absolute atomic E-state index is 12.6. The van der Waals surface area contributed by atoms with E-state index in [1.165, 1.54) is 32.1 Å². The SMILES string of the molecule is COC(=O)[C@@]1(C)CC[C@H]2[C@@H]3CC[C@H]4C[C@@H](O)CC[C@]4(C)[C@H]3CC[C@@]21C. The average Bonchev–Trinajstić information content (AvgIpc) is 2.87. The van der Waals surface area contributed by atoms with Crippen LogP contribution >= 0.6 is 0 Å². The van der Waals surface area contributed by atoms with Gasteiger partial charge in [-0.2, -0.15) is 0 Å². The molecule has 4 fully saturated rings. The van der Waals surface area contributed by atoms with Crippen LogP contribution in [0.15, 0.2) is 0 Å². The third-order valence-electron chi connectivity index (χ3n) is 9.88. The molecule has 0 aromatic heterocycles. The summed E-state index contributed by atoms with van der Waals surface area (Å²) in [6, 6.07) is 0. The number of rotatable bonds is 1. The molecular formula is C22H36O3. The van der Waals surface area contributed by atoms with Gasteiger partial charge in [0.05, 0.1) is 18.6 Å². The molecule has 4 rings (SSSR count). The van der Waals surface area contributed by atoms with Crippen molar-refractivity contribution >= 4 is 5.97 Å². The van der Waals surface area contributed by atoms with Crippen molar-refractivity contribution in [2.45, 2.75) is 84.7 Å². The lowest BCUT2D eigenvalue weighted by Crippen LogP contribution is -2.56. The molecule has 4 saturated carbocycles. The molecule has 3 nitrogen and oxygen atoms in total. The molecule has 0 aromatic rings. The first-order valence-electron chi connectivity index (χ1n) is 10.5. The fourth-order valence-corrected chi connectivity index (χ4v) is 8.06. The molecule has 25 heavy (non-hydrogen) atoms. The lowest BCUT2D eigenvalue weighted by atomic mass is 9.43. The van der Waals surface area contributed by atoms with E-state index in [-0.39, 0.29) is 22.9 Å². The van der Waals surface area contributed by atoms with Gasteiger partial charge < -0.3 is 9.84 Å². The van der Waals surface area contributed by atoms with Crippen LogP contribution in [-0.4, -0.2) is 24.3 Å².